The Balaban J connectivity index is 1.33. The van der Waals surface area contributed by atoms with Crippen molar-refractivity contribution in [2.75, 3.05) is 13.1 Å². The van der Waals surface area contributed by atoms with Gasteiger partial charge in [-0.15, -0.1) is 5.10 Å². The molecule has 134 valence electrons. The third-order valence-electron chi connectivity index (χ3n) is 5.89. The number of likely N-dealkylation sites (tertiary alicyclic amines) is 1. The molecule has 2 heterocycles. The molecule has 2 aliphatic rings. The minimum atomic E-state index is 0.528. The highest BCUT2D eigenvalue weighted by Gasteiger charge is 2.28. The lowest BCUT2D eigenvalue weighted by atomic mass is 9.86. The predicted octanol–water partition coefficient (Wildman–Crippen LogP) is 3.67. The summed E-state index contributed by atoms with van der Waals surface area (Å²) in [6, 6.07) is 10.2. The fraction of sp³-hybridized carbons (Fsp3) is 0.619. The Morgan fingerprint density at radius 3 is 2.56 bits per heavy atom. The molecule has 1 unspecified atom stereocenters. The SMILES string of the molecule is CC(C)Cc1cn(C2CCN(C3CCc4ccccc4C3)CC2)nn1. The molecule has 0 saturated carbocycles. The third-order valence-corrected chi connectivity index (χ3v) is 5.89. The van der Waals surface area contributed by atoms with Gasteiger partial charge in [-0.25, -0.2) is 4.68 Å². The van der Waals surface area contributed by atoms with Gasteiger partial charge in [0.2, 0.25) is 0 Å². The first-order chi connectivity index (χ1) is 12.2. The van der Waals surface area contributed by atoms with Crippen molar-refractivity contribution in [2.24, 2.45) is 5.92 Å². The van der Waals surface area contributed by atoms with Crippen molar-refractivity contribution < 1.29 is 0 Å². The van der Waals surface area contributed by atoms with E-state index in [1.807, 2.05) is 0 Å². The summed E-state index contributed by atoms with van der Waals surface area (Å²) in [5.41, 5.74) is 4.27. The van der Waals surface area contributed by atoms with E-state index in [2.05, 4.69) is 64.2 Å². The first-order valence-corrected chi connectivity index (χ1v) is 9.90. The summed E-state index contributed by atoms with van der Waals surface area (Å²) in [6.45, 7) is 6.85. The molecule has 1 aromatic carbocycles. The molecule has 1 saturated heterocycles. The maximum absolute atomic E-state index is 4.41. The second-order valence-electron chi connectivity index (χ2n) is 8.22. The van der Waals surface area contributed by atoms with Crippen LogP contribution in [-0.4, -0.2) is 39.0 Å². The number of nitrogens with zero attached hydrogens (tertiary/aromatic N) is 4. The lowest BCUT2D eigenvalue weighted by Crippen LogP contribution is -2.44. The molecule has 1 aliphatic carbocycles. The van der Waals surface area contributed by atoms with Gasteiger partial charge >= 0.3 is 0 Å². The molecule has 4 heteroatoms. The van der Waals surface area contributed by atoms with E-state index in [9.17, 15) is 0 Å². The van der Waals surface area contributed by atoms with Crippen molar-refractivity contribution in [3.8, 4) is 0 Å². The molecule has 1 aliphatic heterocycles. The first kappa shape index (κ1) is 16.8. The minimum absolute atomic E-state index is 0.528. The largest absolute Gasteiger partial charge is 0.300 e. The van der Waals surface area contributed by atoms with Crippen molar-refractivity contribution in [3.63, 3.8) is 0 Å². The summed E-state index contributed by atoms with van der Waals surface area (Å²) < 4.78 is 2.13. The van der Waals surface area contributed by atoms with Crippen LogP contribution in [0, 0.1) is 5.92 Å². The Morgan fingerprint density at radius 1 is 1.04 bits per heavy atom. The van der Waals surface area contributed by atoms with E-state index < -0.39 is 0 Å². The number of hydrogen-bond acceptors (Lipinski definition) is 3. The zero-order chi connectivity index (χ0) is 17.2. The molecule has 1 aromatic heterocycles. The molecule has 0 N–H and O–H groups in total. The van der Waals surface area contributed by atoms with E-state index in [0.717, 1.165) is 18.2 Å². The van der Waals surface area contributed by atoms with Crippen LogP contribution in [0.3, 0.4) is 0 Å². The maximum atomic E-state index is 4.41. The van der Waals surface area contributed by atoms with Gasteiger partial charge in [-0.2, -0.15) is 0 Å². The van der Waals surface area contributed by atoms with Crippen molar-refractivity contribution >= 4 is 0 Å². The molecule has 0 radical (unpaired) electrons. The third kappa shape index (κ3) is 3.79. The molecule has 25 heavy (non-hydrogen) atoms. The van der Waals surface area contributed by atoms with Gasteiger partial charge in [-0.1, -0.05) is 43.3 Å². The lowest BCUT2D eigenvalue weighted by Gasteiger charge is -2.39. The topological polar surface area (TPSA) is 34.0 Å². The minimum Gasteiger partial charge on any atom is -0.300 e. The van der Waals surface area contributed by atoms with E-state index in [4.69, 9.17) is 0 Å². The van der Waals surface area contributed by atoms with Gasteiger partial charge in [0.15, 0.2) is 0 Å². The number of rotatable bonds is 4. The standard InChI is InChI=1S/C21H30N4/c1-16(2)13-19-15-25(23-22-19)20-9-11-24(12-10-20)21-8-7-17-5-3-4-6-18(17)14-21/h3-6,15-16,20-21H,7-14H2,1-2H3. The van der Waals surface area contributed by atoms with Crippen LogP contribution in [0.1, 0.15) is 56.0 Å². The van der Waals surface area contributed by atoms with Crippen molar-refractivity contribution in [1.82, 2.24) is 19.9 Å². The van der Waals surface area contributed by atoms with Crippen LogP contribution in [0.2, 0.25) is 0 Å². The van der Waals surface area contributed by atoms with Crippen LogP contribution in [0.5, 0.6) is 0 Å². The fourth-order valence-corrected chi connectivity index (χ4v) is 4.51. The Hall–Kier alpha value is -1.68. The highest BCUT2D eigenvalue weighted by molar-refractivity contribution is 5.30. The normalized spacial score (nSPS) is 22.3. The average Bonchev–Trinajstić information content (AvgIpc) is 3.09. The van der Waals surface area contributed by atoms with Gasteiger partial charge in [-0.3, -0.25) is 4.90 Å². The number of hydrogen-bond donors (Lipinski definition) is 0. The fourth-order valence-electron chi connectivity index (χ4n) is 4.51. The highest BCUT2D eigenvalue weighted by atomic mass is 15.4. The quantitative estimate of drug-likeness (QED) is 0.853. The van der Waals surface area contributed by atoms with Crippen molar-refractivity contribution in [1.29, 1.82) is 0 Å². The van der Waals surface area contributed by atoms with Gasteiger partial charge in [-0.05, 0) is 55.6 Å². The maximum Gasteiger partial charge on any atom is 0.0829 e. The van der Waals surface area contributed by atoms with Crippen molar-refractivity contribution in [2.45, 2.75) is 64.5 Å². The molecule has 0 amide bonds. The smallest absolute Gasteiger partial charge is 0.0829 e. The van der Waals surface area contributed by atoms with Crippen LogP contribution in [0.4, 0.5) is 0 Å². The number of piperidine rings is 1. The van der Waals surface area contributed by atoms with Crippen LogP contribution in [0.25, 0.3) is 0 Å². The summed E-state index contributed by atoms with van der Waals surface area (Å²) in [5, 5.41) is 8.77. The van der Waals surface area contributed by atoms with Gasteiger partial charge < -0.3 is 0 Å². The second kappa shape index (κ2) is 7.28. The number of aryl methyl sites for hydroxylation is 1. The summed E-state index contributed by atoms with van der Waals surface area (Å²) in [4.78, 5) is 2.72. The summed E-state index contributed by atoms with van der Waals surface area (Å²) >= 11 is 0. The molecule has 0 bridgehead atoms. The van der Waals surface area contributed by atoms with Crippen molar-refractivity contribution in [3.05, 3.63) is 47.3 Å². The lowest BCUT2D eigenvalue weighted by molar-refractivity contribution is 0.120. The van der Waals surface area contributed by atoms with Gasteiger partial charge in [0.1, 0.15) is 0 Å². The Kier molecular flexibility index (Phi) is 4.89. The Bertz CT molecular complexity index is 697. The van der Waals surface area contributed by atoms with E-state index >= 15 is 0 Å². The monoisotopic (exact) mass is 338 g/mol. The van der Waals surface area contributed by atoms with Gasteiger partial charge in [0, 0.05) is 25.3 Å². The average molecular weight is 338 g/mol. The second-order valence-corrected chi connectivity index (χ2v) is 8.22. The zero-order valence-electron chi connectivity index (χ0n) is 15.6. The molecule has 4 nitrogen and oxygen atoms in total. The van der Waals surface area contributed by atoms with E-state index in [1.54, 1.807) is 11.1 Å². The number of aromatic nitrogens is 3. The Morgan fingerprint density at radius 2 is 1.80 bits per heavy atom. The molecule has 1 atom stereocenters. The number of benzene rings is 1. The molecule has 0 spiro atoms. The Labute approximate surface area is 151 Å². The predicted molar refractivity (Wildman–Crippen MR) is 101 cm³/mol. The molecular weight excluding hydrogens is 308 g/mol. The van der Waals surface area contributed by atoms with Crippen LogP contribution >= 0.6 is 0 Å². The molecular formula is C21H30N4. The van der Waals surface area contributed by atoms with E-state index in [0.29, 0.717) is 12.0 Å². The van der Waals surface area contributed by atoms with Gasteiger partial charge in [0.05, 0.1) is 11.7 Å². The molecule has 1 fully saturated rings. The van der Waals surface area contributed by atoms with Crippen LogP contribution < -0.4 is 0 Å². The summed E-state index contributed by atoms with van der Waals surface area (Å²) in [5.74, 6) is 0.640. The van der Waals surface area contributed by atoms with E-state index in [1.165, 1.54) is 45.2 Å². The first-order valence-electron chi connectivity index (χ1n) is 9.90. The summed E-state index contributed by atoms with van der Waals surface area (Å²) in [6.07, 6.45) is 9.37. The summed E-state index contributed by atoms with van der Waals surface area (Å²) in [7, 11) is 0. The van der Waals surface area contributed by atoms with Crippen LogP contribution in [-0.2, 0) is 19.3 Å². The number of fused-ring (bicyclic) bond motifs is 1. The van der Waals surface area contributed by atoms with E-state index in [-0.39, 0.29) is 0 Å². The van der Waals surface area contributed by atoms with Gasteiger partial charge in [0.25, 0.3) is 0 Å². The molecule has 2 aromatic rings. The highest BCUT2D eigenvalue weighted by Crippen LogP contribution is 2.29. The van der Waals surface area contributed by atoms with Crippen LogP contribution in [0.15, 0.2) is 30.5 Å². The zero-order valence-corrected chi connectivity index (χ0v) is 15.6. The molecule has 4 rings (SSSR count).